The molecule has 0 amide bonds. The molecular weight excluding hydrogens is 212 g/mol. The van der Waals surface area contributed by atoms with Gasteiger partial charge in [0.2, 0.25) is 0 Å². The van der Waals surface area contributed by atoms with E-state index >= 15 is 0 Å². The van der Waals surface area contributed by atoms with Crippen molar-refractivity contribution in [3.8, 4) is 0 Å². The number of halogens is 1. The van der Waals surface area contributed by atoms with Crippen LogP contribution in [0.25, 0.3) is 0 Å². The van der Waals surface area contributed by atoms with Crippen LogP contribution in [0.4, 0.5) is 0 Å². The van der Waals surface area contributed by atoms with E-state index in [1.54, 1.807) is 6.20 Å². The molecule has 15 heavy (non-hydrogen) atoms. The zero-order valence-electron chi connectivity index (χ0n) is 9.64. The lowest BCUT2D eigenvalue weighted by Gasteiger charge is -2.29. The molecule has 0 aromatic carbocycles. The lowest BCUT2D eigenvalue weighted by atomic mass is 9.96. The average molecular weight is 231 g/mol. The van der Waals surface area contributed by atoms with E-state index in [1.165, 1.54) is 0 Å². The second-order valence-electron chi connectivity index (χ2n) is 3.53. The summed E-state index contributed by atoms with van der Waals surface area (Å²) < 4.78 is 5.83. The normalized spacial score (nSPS) is 12.0. The number of hydrogen-bond acceptors (Lipinski definition) is 2. The standard InChI is InChI=1S/C11H19ClN2O/c1-4-11(5-2,15-6-3)10-13-8-9(7-12)14-10/h8H,4-7H2,1-3H3,(H,13,14). The molecule has 0 atom stereocenters. The number of aromatic nitrogens is 2. The molecular formula is C11H19ClN2O. The van der Waals surface area contributed by atoms with Crippen molar-refractivity contribution >= 4 is 11.6 Å². The molecule has 0 saturated carbocycles. The van der Waals surface area contributed by atoms with Crippen LogP contribution in [0.5, 0.6) is 0 Å². The van der Waals surface area contributed by atoms with E-state index < -0.39 is 0 Å². The summed E-state index contributed by atoms with van der Waals surface area (Å²) in [6.45, 7) is 6.92. The fourth-order valence-electron chi connectivity index (χ4n) is 1.79. The highest BCUT2D eigenvalue weighted by molar-refractivity contribution is 6.16. The van der Waals surface area contributed by atoms with Crippen LogP contribution in [0.1, 0.15) is 45.1 Å². The molecule has 86 valence electrons. The number of rotatable bonds is 6. The number of H-pyrrole nitrogens is 1. The van der Waals surface area contributed by atoms with E-state index in [0.717, 1.165) is 24.4 Å². The summed E-state index contributed by atoms with van der Waals surface area (Å²) in [6, 6.07) is 0. The van der Waals surface area contributed by atoms with Gasteiger partial charge in [0.15, 0.2) is 0 Å². The Labute approximate surface area is 96.2 Å². The maximum absolute atomic E-state index is 5.83. The molecule has 0 bridgehead atoms. The van der Waals surface area contributed by atoms with E-state index in [4.69, 9.17) is 16.3 Å². The van der Waals surface area contributed by atoms with Crippen molar-refractivity contribution in [3.05, 3.63) is 17.7 Å². The summed E-state index contributed by atoms with van der Waals surface area (Å²) in [5, 5.41) is 0. The molecule has 0 aliphatic heterocycles. The van der Waals surface area contributed by atoms with Gasteiger partial charge in [-0.1, -0.05) is 13.8 Å². The largest absolute Gasteiger partial charge is 0.367 e. The summed E-state index contributed by atoms with van der Waals surface area (Å²) in [7, 11) is 0. The highest BCUT2D eigenvalue weighted by Crippen LogP contribution is 2.30. The molecule has 0 fully saturated rings. The Bertz CT molecular complexity index is 295. The zero-order chi connectivity index (χ0) is 11.3. The third kappa shape index (κ3) is 2.52. The minimum Gasteiger partial charge on any atom is -0.367 e. The molecule has 1 heterocycles. The Kier molecular flexibility index (Phi) is 4.61. The molecule has 0 spiro atoms. The second-order valence-corrected chi connectivity index (χ2v) is 3.79. The molecule has 0 saturated heterocycles. The molecule has 0 unspecified atom stereocenters. The van der Waals surface area contributed by atoms with E-state index in [0.29, 0.717) is 12.5 Å². The minimum absolute atomic E-state index is 0.279. The number of hydrogen-bond donors (Lipinski definition) is 1. The zero-order valence-corrected chi connectivity index (χ0v) is 10.4. The highest BCUT2D eigenvalue weighted by Gasteiger charge is 2.31. The summed E-state index contributed by atoms with van der Waals surface area (Å²) in [5.41, 5.74) is 0.664. The topological polar surface area (TPSA) is 37.9 Å². The van der Waals surface area contributed by atoms with Gasteiger partial charge in [-0.25, -0.2) is 4.98 Å². The third-order valence-electron chi connectivity index (χ3n) is 2.77. The molecule has 3 nitrogen and oxygen atoms in total. The van der Waals surface area contributed by atoms with Crippen LogP contribution in [-0.2, 0) is 16.2 Å². The van der Waals surface area contributed by atoms with Gasteiger partial charge in [0.05, 0.1) is 5.88 Å². The van der Waals surface area contributed by atoms with Crippen LogP contribution in [-0.4, -0.2) is 16.6 Å². The number of ether oxygens (including phenoxy) is 1. The Morgan fingerprint density at radius 1 is 1.40 bits per heavy atom. The van der Waals surface area contributed by atoms with Crippen LogP contribution in [0, 0.1) is 0 Å². The van der Waals surface area contributed by atoms with Crippen molar-refractivity contribution < 1.29 is 4.74 Å². The summed E-state index contributed by atoms with van der Waals surface area (Å²) in [6.07, 6.45) is 3.60. The van der Waals surface area contributed by atoms with Crippen LogP contribution >= 0.6 is 11.6 Å². The number of nitrogens with one attached hydrogen (secondary N) is 1. The monoisotopic (exact) mass is 230 g/mol. The quantitative estimate of drug-likeness (QED) is 0.763. The molecule has 0 aliphatic rings. The van der Waals surface area contributed by atoms with Gasteiger partial charge in [-0.2, -0.15) is 0 Å². The lowest BCUT2D eigenvalue weighted by molar-refractivity contribution is -0.0566. The Morgan fingerprint density at radius 2 is 2.07 bits per heavy atom. The summed E-state index contributed by atoms with van der Waals surface area (Å²) in [4.78, 5) is 7.58. The van der Waals surface area contributed by atoms with Crippen LogP contribution < -0.4 is 0 Å². The second kappa shape index (κ2) is 5.52. The predicted molar refractivity (Wildman–Crippen MR) is 62.0 cm³/mol. The van der Waals surface area contributed by atoms with Gasteiger partial charge in [-0.05, 0) is 19.8 Å². The van der Waals surface area contributed by atoms with Gasteiger partial charge in [-0.3, -0.25) is 0 Å². The Balaban J connectivity index is 2.96. The molecule has 0 aliphatic carbocycles. The lowest BCUT2D eigenvalue weighted by Crippen LogP contribution is -2.29. The van der Waals surface area contributed by atoms with Crippen LogP contribution in [0.3, 0.4) is 0 Å². The van der Waals surface area contributed by atoms with Crippen LogP contribution in [0.2, 0.25) is 0 Å². The first-order valence-electron chi connectivity index (χ1n) is 5.46. The van der Waals surface area contributed by atoms with E-state index in [1.807, 2.05) is 6.92 Å². The smallest absolute Gasteiger partial charge is 0.138 e. The first kappa shape index (κ1) is 12.5. The van der Waals surface area contributed by atoms with E-state index in [2.05, 4.69) is 23.8 Å². The maximum atomic E-state index is 5.83. The maximum Gasteiger partial charge on any atom is 0.138 e. The van der Waals surface area contributed by atoms with Gasteiger partial charge in [-0.15, -0.1) is 11.6 Å². The number of imidazole rings is 1. The number of nitrogens with zero attached hydrogens (tertiary/aromatic N) is 1. The number of aromatic amines is 1. The third-order valence-corrected chi connectivity index (χ3v) is 3.05. The average Bonchev–Trinajstić information content (AvgIpc) is 2.75. The van der Waals surface area contributed by atoms with Gasteiger partial charge in [0.25, 0.3) is 0 Å². The van der Waals surface area contributed by atoms with E-state index in [-0.39, 0.29) is 5.60 Å². The molecule has 1 aromatic heterocycles. The molecule has 4 heteroatoms. The van der Waals surface area contributed by atoms with E-state index in [9.17, 15) is 0 Å². The summed E-state index contributed by atoms with van der Waals surface area (Å²) in [5.74, 6) is 1.35. The van der Waals surface area contributed by atoms with Crippen molar-refractivity contribution in [3.63, 3.8) is 0 Å². The SMILES string of the molecule is CCOC(CC)(CC)c1ncc(CCl)[nH]1. The van der Waals surface area contributed by atoms with Crippen molar-refractivity contribution in [2.45, 2.75) is 45.1 Å². The highest BCUT2D eigenvalue weighted by atomic mass is 35.5. The fourth-order valence-corrected chi connectivity index (χ4v) is 1.93. The first-order chi connectivity index (χ1) is 7.22. The summed E-state index contributed by atoms with van der Waals surface area (Å²) >= 11 is 5.74. The first-order valence-corrected chi connectivity index (χ1v) is 6.00. The Morgan fingerprint density at radius 3 is 2.47 bits per heavy atom. The Hall–Kier alpha value is -0.540. The van der Waals surface area contributed by atoms with Crippen LogP contribution in [0.15, 0.2) is 6.20 Å². The van der Waals surface area contributed by atoms with Gasteiger partial charge >= 0.3 is 0 Å². The van der Waals surface area contributed by atoms with Gasteiger partial charge in [0.1, 0.15) is 11.4 Å². The predicted octanol–water partition coefficient (Wildman–Crippen LogP) is 3.20. The van der Waals surface area contributed by atoms with Gasteiger partial charge in [0, 0.05) is 18.5 Å². The molecule has 1 N–H and O–H groups in total. The molecule has 0 radical (unpaired) electrons. The van der Waals surface area contributed by atoms with Crippen molar-refractivity contribution in [1.82, 2.24) is 9.97 Å². The van der Waals surface area contributed by atoms with Crippen molar-refractivity contribution in [2.75, 3.05) is 6.61 Å². The molecule has 1 rings (SSSR count). The van der Waals surface area contributed by atoms with Gasteiger partial charge < -0.3 is 9.72 Å². The van der Waals surface area contributed by atoms with Crippen molar-refractivity contribution in [1.29, 1.82) is 0 Å². The fraction of sp³-hybridized carbons (Fsp3) is 0.727. The molecule has 1 aromatic rings. The number of alkyl halides is 1. The van der Waals surface area contributed by atoms with Crippen molar-refractivity contribution in [2.24, 2.45) is 0 Å². The minimum atomic E-state index is -0.279.